The van der Waals surface area contributed by atoms with Crippen LogP contribution < -0.4 is 20.7 Å². The van der Waals surface area contributed by atoms with Crippen LogP contribution in [-0.4, -0.2) is 18.1 Å². The molecule has 0 aliphatic carbocycles. The Morgan fingerprint density at radius 3 is 2.16 bits per heavy atom. The minimum Gasteiger partial charge on any atom is -0.495 e. The SMILES string of the molecule is COc1ccc(C(=O)Nc2ccc(Cl)c(Cl)c2)cc1NC(=S)Nc1cc(Cl)cc(Cl)c1. The number of nitrogens with one attached hydrogen (secondary N) is 3. The molecule has 0 saturated carbocycles. The molecular weight excluding hydrogens is 500 g/mol. The Hall–Kier alpha value is -2.22. The van der Waals surface area contributed by atoms with Gasteiger partial charge < -0.3 is 20.7 Å². The Kier molecular flexibility index (Phi) is 7.86. The van der Waals surface area contributed by atoms with Gasteiger partial charge in [0.15, 0.2) is 5.11 Å². The summed E-state index contributed by atoms with van der Waals surface area (Å²) in [5.74, 6) is 0.156. The fourth-order valence-electron chi connectivity index (χ4n) is 2.63. The van der Waals surface area contributed by atoms with Gasteiger partial charge in [-0.15, -0.1) is 0 Å². The molecule has 1 amide bonds. The van der Waals surface area contributed by atoms with Crippen molar-refractivity contribution in [1.82, 2.24) is 0 Å². The van der Waals surface area contributed by atoms with Crippen LogP contribution in [0.5, 0.6) is 5.75 Å². The first kappa shape index (κ1) is 23.4. The van der Waals surface area contributed by atoms with Crippen molar-refractivity contribution in [2.24, 2.45) is 0 Å². The molecule has 10 heteroatoms. The van der Waals surface area contributed by atoms with E-state index in [-0.39, 0.29) is 11.0 Å². The van der Waals surface area contributed by atoms with E-state index in [0.29, 0.717) is 48.5 Å². The van der Waals surface area contributed by atoms with Crippen molar-refractivity contribution in [3.05, 3.63) is 80.3 Å². The summed E-state index contributed by atoms with van der Waals surface area (Å²) in [5.41, 5.74) is 2.00. The number of methoxy groups -OCH3 is 1. The van der Waals surface area contributed by atoms with Crippen LogP contribution in [0.4, 0.5) is 17.1 Å². The molecule has 0 aliphatic rings. The summed E-state index contributed by atoms with van der Waals surface area (Å²) >= 11 is 29.3. The molecule has 160 valence electrons. The van der Waals surface area contributed by atoms with E-state index >= 15 is 0 Å². The molecule has 3 rings (SSSR count). The molecule has 31 heavy (non-hydrogen) atoms. The fourth-order valence-corrected chi connectivity index (χ4v) is 3.69. The molecule has 0 atom stereocenters. The number of carbonyl (C=O) groups is 1. The van der Waals surface area contributed by atoms with Gasteiger partial charge in [-0.25, -0.2) is 0 Å². The summed E-state index contributed by atoms with van der Waals surface area (Å²) in [6, 6.07) is 14.7. The molecule has 3 N–H and O–H groups in total. The van der Waals surface area contributed by atoms with E-state index in [4.69, 9.17) is 63.4 Å². The van der Waals surface area contributed by atoms with Gasteiger partial charge in [-0.2, -0.15) is 0 Å². The van der Waals surface area contributed by atoms with Crippen LogP contribution in [0.25, 0.3) is 0 Å². The Morgan fingerprint density at radius 1 is 0.806 bits per heavy atom. The number of hydrogen-bond acceptors (Lipinski definition) is 3. The molecule has 0 saturated heterocycles. The molecule has 0 bridgehead atoms. The lowest BCUT2D eigenvalue weighted by Crippen LogP contribution is -2.20. The zero-order valence-corrected chi connectivity index (χ0v) is 19.8. The Labute approximate surface area is 204 Å². The number of amides is 1. The zero-order valence-electron chi connectivity index (χ0n) is 15.9. The van der Waals surface area contributed by atoms with Crippen LogP contribution in [0.1, 0.15) is 10.4 Å². The van der Waals surface area contributed by atoms with E-state index in [0.717, 1.165) is 0 Å². The summed E-state index contributed by atoms with van der Waals surface area (Å²) in [5, 5.41) is 10.7. The van der Waals surface area contributed by atoms with Crippen molar-refractivity contribution in [3.8, 4) is 5.75 Å². The molecule has 0 aromatic heterocycles. The third-order valence-electron chi connectivity index (χ3n) is 4.01. The number of anilines is 3. The topological polar surface area (TPSA) is 62.4 Å². The van der Waals surface area contributed by atoms with Gasteiger partial charge in [0.1, 0.15) is 5.75 Å². The largest absolute Gasteiger partial charge is 0.495 e. The number of benzene rings is 3. The fraction of sp³-hybridized carbons (Fsp3) is 0.0476. The van der Waals surface area contributed by atoms with Gasteiger partial charge in [0.25, 0.3) is 5.91 Å². The van der Waals surface area contributed by atoms with Crippen molar-refractivity contribution in [2.45, 2.75) is 0 Å². The maximum Gasteiger partial charge on any atom is 0.255 e. The Balaban J connectivity index is 1.77. The van der Waals surface area contributed by atoms with Gasteiger partial charge in [-0.3, -0.25) is 4.79 Å². The van der Waals surface area contributed by atoms with Gasteiger partial charge >= 0.3 is 0 Å². The first-order chi connectivity index (χ1) is 14.7. The van der Waals surface area contributed by atoms with Crippen LogP contribution >= 0.6 is 58.6 Å². The van der Waals surface area contributed by atoms with Crippen LogP contribution in [0.3, 0.4) is 0 Å². The first-order valence-corrected chi connectivity index (χ1v) is 10.7. The molecule has 0 heterocycles. The van der Waals surface area contributed by atoms with E-state index in [1.54, 1.807) is 54.6 Å². The van der Waals surface area contributed by atoms with E-state index in [1.807, 2.05) is 0 Å². The number of hydrogen-bond donors (Lipinski definition) is 3. The highest BCUT2D eigenvalue weighted by Gasteiger charge is 2.13. The second-order valence-corrected chi connectivity index (χ2v) is 8.33. The summed E-state index contributed by atoms with van der Waals surface area (Å²) in [6.45, 7) is 0. The third-order valence-corrected chi connectivity index (χ3v) is 5.39. The standard InChI is InChI=1S/C21H15Cl4N3O2S/c1-30-19-5-2-11(20(29)26-14-3-4-16(24)17(25)10-14)6-18(19)28-21(31)27-15-8-12(22)7-13(23)9-15/h2-10H,1H3,(H,26,29)(H2,27,28,31). The average Bonchev–Trinajstić information content (AvgIpc) is 2.69. The number of rotatable bonds is 5. The molecule has 3 aromatic rings. The highest BCUT2D eigenvalue weighted by molar-refractivity contribution is 7.80. The second-order valence-electron chi connectivity index (χ2n) is 6.24. The lowest BCUT2D eigenvalue weighted by Gasteiger charge is -2.15. The highest BCUT2D eigenvalue weighted by Crippen LogP contribution is 2.28. The number of thiocarbonyl (C=S) groups is 1. The van der Waals surface area contributed by atoms with E-state index in [2.05, 4.69) is 16.0 Å². The van der Waals surface area contributed by atoms with Crippen molar-refractivity contribution >= 4 is 86.7 Å². The number of halogens is 4. The molecule has 0 aliphatic heterocycles. The van der Waals surface area contributed by atoms with Crippen LogP contribution in [0, 0.1) is 0 Å². The maximum absolute atomic E-state index is 12.7. The molecule has 3 aromatic carbocycles. The maximum atomic E-state index is 12.7. The van der Waals surface area contributed by atoms with Crippen LogP contribution in [-0.2, 0) is 0 Å². The van der Waals surface area contributed by atoms with Gasteiger partial charge in [0.05, 0.1) is 22.8 Å². The summed E-state index contributed by atoms with van der Waals surface area (Å²) in [6.07, 6.45) is 0. The second kappa shape index (κ2) is 10.4. The smallest absolute Gasteiger partial charge is 0.255 e. The Morgan fingerprint density at radius 2 is 1.52 bits per heavy atom. The van der Waals surface area contributed by atoms with E-state index in [1.165, 1.54) is 7.11 Å². The first-order valence-electron chi connectivity index (χ1n) is 8.73. The minimum atomic E-state index is -0.343. The lowest BCUT2D eigenvalue weighted by molar-refractivity contribution is 0.102. The van der Waals surface area contributed by atoms with Gasteiger partial charge in [-0.05, 0) is 66.8 Å². The van der Waals surface area contributed by atoms with Gasteiger partial charge in [-0.1, -0.05) is 46.4 Å². The normalized spacial score (nSPS) is 10.4. The molecule has 0 fully saturated rings. The van der Waals surface area contributed by atoms with Crippen LogP contribution in [0.2, 0.25) is 20.1 Å². The van der Waals surface area contributed by atoms with Crippen molar-refractivity contribution in [1.29, 1.82) is 0 Å². The van der Waals surface area contributed by atoms with E-state index in [9.17, 15) is 4.79 Å². The summed E-state index contributed by atoms with van der Waals surface area (Å²) in [4.78, 5) is 12.7. The van der Waals surface area contributed by atoms with Crippen LogP contribution in [0.15, 0.2) is 54.6 Å². The molecule has 0 radical (unpaired) electrons. The zero-order chi connectivity index (χ0) is 22.5. The molecule has 5 nitrogen and oxygen atoms in total. The summed E-state index contributed by atoms with van der Waals surface area (Å²) in [7, 11) is 1.52. The van der Waals surface area contributed by atoms with Crippen molar-refractivity contribution < 1.29 is 9.53 Å². The van der Waals surface area contributed by atoms with Gasteiger partial charge in [0, 0.05) is 27.0 Å². The lowest BCUT2D eigenvalue weighted by atomic mass is 10.1. The summed E-state index contributed by atoms with van der Waals surface area (Å²) < 4.78 is 5.36. The van der Waals surface area contributed by atoms with Crippen molar-refractivity contribution in [2.75, 3.05) is 23.1 Å². The quantitative estimate of drug-likeness (QED) is 0.310. The van der Waals surface area contributed by atoms with Crippen molar-refractivity contribution in [3.63, 3.8) is 0 Å². The monoisotopic (exact) mass is 513 g/mol. The third kappa shape index (κ3) is 6.38. The number of ether oxygens (including phenoxy) is 1. The number of carbonyl (C=O) groups excluding carboxylic acids is 1. The van der Waals surface area contributed by atoms with Gasteiger partial charge in [0.2, 0.25) is 0 Å². The predicted molar refractivity (Wildman–Crippen MR) is 134 cm³/mol. The molecule has 0 unspecified atom stereocenters. The Bertz CT molecular complexity index is 1140. The van der Waals surface area contributed by atoms with E-state index < -0.39 is 0 Å². The highest BCUT2D eigenvalue weighted by atomic mass is 35.5. The minimum absolute atomic E-state index is 0.263. The predicted octanol–water partition coefficient (Wildman–Crippen LogP) is 7.37. The molecule has 0 spiro atoms. The molecular formula is C21H15Cl4N3O2S. The average molecular weight is 515 g/mol.